The summed E-state index contributed by atoms with van der Waals surface area (Å²) in [5.41, 5.74) is 4.50. The normalized spacial score (nSPS) is 5.00. The van der Waals surface area contributed by atoms with Crippen LogP contribution in [-0.2, 0) is 4.79 Å². The molecule has 0 heterocycles. The van der Waals surface area contributed by atoms with Crippen LogP contribution in [0.3, 0.4) is 0 Å². The minimum Gasteiger partial charge on any atom is -0.351 e. The number of hydrogen-bond donors (Lipinski definition) is 1. The highest BCUT2D eigenvalue weighted by Gasteiger charge is 1.68. The van der Waals surface area contributed by atoms with Gasteiger partial charge in [0.05, 0.1) is 0 Å². The van der Waals surface area contributed by atoms with E-state index in [2.05, 4.69) is 5.73 Å². The number of nitrogens with zero attached hydrogens (tertiary/aromatic N) is 1. The molecule has 4 heteroatoms. The topological polar surface area (TPSA) is 46.3 Å². The van der Waals surface area contributed by atoms with E-state index in [1.165, 1.54) is 11.9 Å². The minimum atomic E-state index is 0. The summed E-state index contributed by atoms with van der Waals surface area (Å²) in [7, 11) is 4.88. The number of amides is 1. The fraction of sp³-hybridized carbons (Fsp3) is 0.750. The largest absolute Gasteiger partial charge is 0.351 e. The van der Waals surface area contributed by atoms with E-state index >= 15 is 0 Å². The van der Waals surface area contributed by atoms with Crippen molar-refractivity contribution >= 4 is 18.8 Å². The lowest BCUT2D eigenvalue weighted by molar-refractivity contribution is -0.115. The summed E-state index contributed by atoms with van der Waals surface area (Å²) in [6.45, 7) is 0. The Bertz CT molecular complexity index is 41.0. The molecule has 1 amide bonds. The third-order valence-corrected chi connectivity index (χ3v) is 0.211. The van der Waals surface area contributed by atoms with Crippen molar-refractivity contribution in [3.8, 4) is 0 Å². The van der Waals surface area contributed by atoms with Crippen molar-refractivity contribution in [2.24, 2.45) is 5.73 Å². The van der Waals surface area contributed by atoms with Gasteiger partial charge in [-0.2, -0.15) is 0 Å². The van der Waals surface area contributed by atoms with Gasteiger partial charge < -0.3 is 10.6 Å². The Morgan fingerprint density at radius 3 is 1.50 bits per heavy atom. The number of halogens is 1. The summed E-state index contributed by atoms with van der Waals surface area (Å²) in [6.07, 6.45) is 0.750. The van der Waals surface area contributed by atoms with E-state index in [1.807, 2.05) is 0 Å². The highest BCUT2D eigenvalue weighted by molar-refractivity contribution is 5.85. The van der Waals surface area contributed by atoms with E-state index in [4.69, 9.17) is 0 Å². The molecule has 0 saturated heterocycles. The molecule has 0 atom stereocenters. The van der Waals surface area contributed by atoms with Crippen LogP contribution in [0.5, 0.6) is 0 Å². The monoisotopic (exact) mass is 140 g/mol. The zero-order chi connectivity index (χ0) is 6.28. The van der Waals surface area contributed by atoms with Crippen LogP contribution in [0, 0.1) is 0 Å². The van der Waals surface area contributed by atoms with Crippen LogP contribution in [0.1, 0.15) is 0 Å². The zero-order valence-corrected chi connectivity index (χ0v) is 6.23. The zero-order valence-electron chi connectivity index (χ0n) is 5.42. The molecular weight excluding hydrogens is 128 g/mol. The Labute approximate surface area is 56.3 Å². The van der Waals surface area contributed by atoms with E-state index < -0.39 is 0 Å². The van der Waals surface area contributed by atoms with Crippen LogP contribution >= 0.6 is 12.4 Å². The number of hydrogen-bond acceptors (Lipinski definition) is 2. The van der Waals surface area contributed by atoms with Crippen molar-refractivity contribution in [1.82, 2.24) is 4.90 Å². The molecule has 0 aliphatic heterocycles. The van der Waals surface area contributed by atoms with E-state index in [-0.39, 0.29) is 12.4 Å². The maximum Gasteiger partial charge on any atom is 0.209 e. The van der Waals surface area contributed by atoms with Gasteiger partial charge >= 0.3 is 0 Å². The van der Waals surface area contributed by atoms with Crippen LogP contribution in [0.25, 0.3) is 0 Å². The summed E-state index contributed by atoms with van der Waals surface area (Å²) in [6, 6.07) is 0. The molecule has 0 rings (SSSR count). The van der Waals surface area contributed by atoms with E-state index in [0.717, 1.165) is 6.41 Å². The molecule has 0 aliphatic rings. The van der Waals surface area contributed by atoms with E-state index in [9.17, 15) is 4.79 Å². The van der Waals surface area contributed by atoms with Gasteiger partial charge in [-0.15, -0.1) is 12.4 Å². The van der Waals surface area contributed by atoms with Crippen LogP contribution in [0.4, 0.5) is 0 Å². The first-order valence-electron chi connectivity index (χ1n) is 1.97. The van der Waals surface area contributed by atoms with Crippen molar-refractivity contribution < 1.29 is 4.79 Å². The van der Waals surface area contributed by atoms with Crippen molar-refractivity contribution in [3.63, 3.8) is 0 Å². The molecule has 0 fully saturated rings. The van der Waals surface area contributed by atoms with Crippen molar-refractivity contribution in [2.75, 3.05) is 21.1 Å². The van der Waals surface area contributed by atoms with E-state index in [0.29, 0.717) is 0 Å². The Morgan fingerprint density at radius 1 is 1.38 bits per heavy atom. The summed E-state index contributed by atoms with van der Waals surface area (Å²) in [4.78, 5) is 10.9. The Morgan fingerprint density at radius 2 is 1.50 bits per heavy atom. The van der Waals surface area contributed by atoms with Crippen LogP contribution in [-0.4, -0.2) is 32.5 Å². The molecule has 0 aromatic rings. The third kappa shape index (κ3) is 43.1. The molecule has 8 heavy (non-hydrogen) atoms. The third-order valence-electron chi connectivity index (χ3n) is 0.211. The Balaban J connectivity index is -0.0000000750. The Hall–Kier alpha value is -0.280. The molecule has 0 aromatic heterocycles. The number of nitrogens with two attached hydrogens (primary N) is 1. The van der Waals surface area contributed by atoms with E-state index in [1.54, 1.807) is 14.1 Å². The smallest absolute Gasteiger partial charge is 0.209 e. The fourth-order valence-corrected chi connectivity index (χ4v) is 0. The van der Waals surface area contributed by atoms with Crippen LogP contribution in [0.15, 0.2) is 0 Å². The highest BCUT2D eigenvalue weighted by Crippen LogP contribution is 1.52. The summed E-state index contributed by atoms with van der Waals surface area (Å²) in [5.74, 6) is 0. The molecule has 0 aliphatic carbocycles. The van der Waals surface area contributed by atoms with Crippen molar-refractivity contribution in [1.29, 1.82) is 0 Å². The van der Waals surface area contributed by atoms with Crippen molar-refractivity contribution in [3.05, 3.63) is 0 Å². The average molecular weight is 141 g/mol. The molecule has 0 unspecified atom stereocenters. The number of carbonyl (C=O) groups is 1. The predicted octanol–water partition coefficient (Wildman–Crippen LogP) is -0.299. The lowest BCUT2D eigenvalue weighted by atomic mass is 11.0. The number of carbonyl (C=O) groups excluding carboxylic acids is 1. The summed E-state index contributed by atoms with van der Waals surface area (Å²) >= 11 is 0. The molecule has 0 bridgehead atoms. The van der Waals surface area contributed by atoms with Gasteiger partial charge in [0.2, 0.25) is 6.41 Å². The van der Waals surface area contributed by atoms with Gasteiger partial charge in [0.15, 0.2) is 0 Å². The van der Waals surface area contributed by atoms with Gasteiger partial charge in [0, 0.05) is 14.1 Å². The maximum atomic E-state index is 9.43. The molecular formula is C4H13ClN2O. The summed E-state index contributed by atoms with van der Waals surface area (Å²) in [5, 5.41) is 0. The molecule has 3 nitrogen and oxygen atoms in total. The molecule has 52 valence electrons. The van der Waals surface area contributed by atoms with Gasteiger partial charge in [0.25, 0.3) is 0 Å². The Kier molecular flexibility index (Phi) is 31.1. The lowest BCUT2D eigenvalue weighted by Gasteiger charge is -1.93. The van der Waals surface area contributed by atoms with Crippen molar-refractivity contribution in [2.45, 2.75) is 0 Å². The van der Waals surface area contributed by atoms with Gasteiger partial charge in [-0.25, -0.2) is 0 Å². The lowest BCUT2D eigenvalue weighted by Crippen LogP contribution is -2.06. The fourth-order valence-electron chi connectivity index (χ4n) is 0. The second-order valence-corrected chi connectivity index (χ2v) is 1.07. The van der Waals surface area contributed by atoms with Gasteiger partial charge in [-0.05, 0) is 7.05 Å². The summed E-state index contributed by atoms with van der Waals surface area (Å²) < 4.78 is 0. The highest BCUT2D eigenvalue weighted by atomic mass is 35.5. The number of rotatable bonds is 1. The maximum absolute atomic E-state index is 9.43. The SMILES string of the molecule is CN.CN(C)C=O.Cl. The molecule has 0 saturated carbocycles. The first-order chi connectivity index (χ1) is 3.27. The molecule has 0 aromatic carbocycles. The average Bonchev–Trinajstić information content (AvgIpc) is 1.73. The first kappa shape index (κ1) is 15.6. The quantitative estimate of drug-likeness (QED) is 0.509. The van der Waals surface area contributed by atoms with Gasteiger partial charge in [-0.3, -0.25) is 4.79 Å². The van der Waals surface area contributed by atoms with Crippen LogP contribution < -0.4 is 5.73 Å². The minimum absolute atomic E-state index is 0. The standard InChI is InChI=1S/C3H7NO.CH5N.ClH/c1-4(2)3-5;1-2;/h3H,1-2H3;2H2,1H3;1H. The predicted molar refractivity (Wildman–Crippen MR) is 37.1 cm³/mol. The molecule has 2 N–H and O–H groups in total. The van der Waals surface area contributed by atoms with Gasteiger partial charge in [-0.1, -0.05) is 0 Å². The first-order valence-corrected chi connectivity index (χ1v) is 1.97. The molecule has 0 radical (unpaired) electrons. The second-order valence-electron chi connectivity index (χ2n) is 1.07. The second kappa shape index (κ2) is 15.9. The van der Waals surface area contributed by atoms with Crippen LogP contribution in [0.2, 0.25) is 0 Å². The molecule has 0 spiro atoms. The van der Waals surface area contributed by atoms with Gasteiger partial charge in [0.1, 0.15) is 0 Å².